The van der Waals surface area contributed by atoms with Crippen LogP contribution in [0.25, 0.3) is 0 Å². The standard InChI is InChI=1S/C12H17NO2/c1-3-13(9-12(14)15)8-11-7-5-4-6-10(11)2/h4-7H,3,8-9H2,1-2H3,(H,14,15). The van der Waals surface area contributed by atoms with Crippen molar-refractivity contribution in [1.29, 1.82) is 0 Å². The average Bonchev–Trinajstić information content (AvgIpc) is 2.19. The van der Waals surface area contributed by atoms with Crippen molar-refractivity contribution in [3.8, 4) is 0 Å². The molecule has 0 aromatic heterocycles. The van der Waals surface area contributed by atoms with Crippen LogP contribution in [0.15, 0.2) is 24.3 Å². The fraction of sp³-hybridized carbons (Fsp3) is 0.417. The third-order valence-electron chi connectivity index (χ3n) is 2.60. The van der Waals surface area contributed by atoms with Gasteiger partial charge in [0.2, 0.25) is 0 Å². The monoisotopic (exact) mass is 207 g/mol. The molecular weight excluding hydrogens is 190 g/mol. The number of aryl methyl sites for hydroxylation is 1. The van der Waals surface area contributed by atoms with Gasteiger partial charge in [-0.25, -0.2) is 0 Å². The zero-order valence-electron chi connectivity index (χ0n) is 9.25. The maximum atomic E-state index is 10.5. The molecule has 3 nitrogen and oxygen atoms in total. The van der Waals surface area contributed by atoms with E-state index in [0.29, 0.717) is 0 Å². The molecule has 1 aromatic rings. The highest BCUT2D eigenvalue weighted by Crippen LogP contribution is 2.04. The number of quaternary nitrogens is 1. The predicted octanol–water partition coefficient (Wildman–Crippen LogP) is -0.850. The number of carboxylic acid groups (broad SMARTS) is 1. The summed E-state index contributed by atoms with van der Waals surface area (Å²) < 4.78 is 0. The average molecular weight is 207 g/mol. The Labute approximate surface area is 90.3 Å². The van der Waals surface area contributed by atoms with E-state index in [0.717, 1.165) is 18.0 Å². The van der Waals surface area contributed by atoms with Gasteiger partial charge in [0.25, 0.3) is 0 Å². The Morgan fingerprint density at radius 3 is 2.60 bits per heavy atom. The Balaban J connectivity index is 2.66. The zero-order chi connectivity index (χ0) is 11.3. The van der Waals surface area contributed by atoms with E-state index in [1.165, 1.54) is 11.1 Å². The Kier molecular flexibility index (Phi) is 4.31. The molecular formula is C12H17NO2. The molecule has 0 aliphatic rings. The smallest absolute Gasteiger partial charge is 0.118 e. The SMILES string of the molecule is CC[NH+](CC(=O)[O-])Cc1ccccc1C. The van der Waals surface area contributed by atoms with Crippen molar-refractivity contribution in [2.75, 3.05) is 13.1 Å². The highest BCUT2D eigenvalue weighted by Gasteiger charge is 2.08. The fourth-order valence-electron chi connectivity index (χ4n) is 1.59. The van der Waals surface area contributed by atoms with Crippen LogP contribution < -0.4 is 10.0 Å². The summed E-state index contributed by atoms with van der Waals surface area (Å²) in [4.78, 5) is 11.5. The summed E-state index contributed by atoms with van der Waals surface area (Å²) in [6, 6.07) is 8.06. The molecule has 0 spiro atoms. The molecule has 0 saturated heterocycles. The van der Waals surface area contributed by atoms with Crippen molar-refractivity contribution in [3.05, 3.63) is 35.4 Å². The van der Waals surface area contributed by atoms with Crippen LogP contribution in [0.1, 0.15) is 18.1 Å². The largest absolute Gasteiger partial charge is 0.544 e. The van der Waals surface area contributed by atoms with E-state index in [9.17, 15) is 9.90 Å². The quantitative estimate of drug-likeness (QED) is 0.683. The summed E-state index contributed by atoms with van der Waals surface area (Å²) in [6.07, 6.45) is 0. The first-order valence-electron chi connectivity index (χ1n) is 5.21. The van der Waals surface area contributed by atoms with Crippen molar-refractivity contribution in [2.24, 2.45) is 0 Å². The third-order valence-corrected chi connectivity index (χ3v) is 2.60. The van der Waals surface area contributed by atoms with Crippen molar-refractivity contribution < 1.29 is 14.8 Å². The molecule has 0 fully saturated rings. The molecule has 0 bridgehead atoms. The van der Waals surface area contributed by atoms with Crippen LogP contribution in [0.3, 0.4) is 0 Å². The van der Waals surface area contributed by atoms with Crippen LogP contribution in [-0.2, 0) is 11.3 Å². The van der Waals surface area contributed by atoms with Crippen LogP contribution in [0, 0.1) is 6.92 Å². The second kappa shape index (κ2) is 5.51. The molecule has 0 aliphatic carbocycles. The minimum Gasteiger partial charge on any atom is -0.544 e. The first kappa shape index (κ1) is 11.7. The van der Waals surface area contributed by atoms with E-state index in [4.69, 9.17) is 0 Å². The van der Waals surface area contributed by atoms with E-state index in [-0.39, 0.29) is 6.54 Å². The van der Waals surface area contributed by atoms with Gasteiger partial charge in [-0.1, -0.05) is 24.3 Å². The van der Waals surface area contributed by atoms with Gasteiger partial charge in [0.15, 0.2) is 0 Å². The van der Waals surface area contributed by atoms with Crippen molar-refractivity contribution in [2.45, 2.75) is 20.4 Å². The van der Waals surface area contributed by atoms with Gasteiger partial charge in [-0.3, -0.25) is 0 Å². The minimum absolute atomic E-state index is 0.0742. The number of benzene rings is 1. The molecule has 0 radical (unpaired) electrons. The summed E-state index contributed by atoms with van der Waals surface area (Å²) >= 11 is 0. The summed E-state index contributed by atoms with van der Waals surface area (Å²) in [5, 5.41) is 10.5. The third kappa shape index (κ3) is 3.72. The lowest BCUT2D eigenvalue weighted by atomic mass is 10.1. The van der Waals surface area contributed by atoms with Gasteiger partial charge < -0.3 is 14.8 Å². The molecule has 15 heavy (non-hydrogen) atoms. The first-order valence-corrected chi connectivity index (χ1v) is 5.21. The number of hydrogen-bond acceptors (Lipinski definition) is 2. The molecule has 1 unspecified atom stereocenters. The number of hydrogen-bond donors (Lipinski definition) is 1. The van der Waals surface area contributed by atoms with E-state index in [1.54, 1.807) is 0 Å². The van der Waals surface area contributed by atoms with Crippen LogP contribution in [0.2, 0.25) is 0 Å². The van der Waals surface area contributed by atoms with Crippen LogP contribution in [0.5, 0.6) is 0 Å². The highest BCUT2D eigenvalue weighted by molar-refractivity contribution is 5.65. The molecule has 1 rings (SSSR count). The topological polar surface area (TPSA) is 44.6 Å². The van der Waals surface area contributed by atoms with Crippen LogP contribution >= 0.6 is 0 Å². The molecule has 82 valence electrons. The number of carboxylic acids is 1. The van der Waals surface area contributed by atoms with Gasteiger partial charge in [-0.15, -0.1) is 0 Å². The van der Waals surface area contributed by atoms with E-state index in [2.05, 4.69) is 0 Å². The second-order valence-electron chi connectivity index (χ2n) is 3.76. The van der Waals surface area contributed by atoms with E-state index < -0.39 is 5.97 Å². The summed E-state index contributed by atoms with van der Waals surface area (Å²) in [5.41, 5.74) is 2.41. The van der Waals surface area contributed by atoms with Gasteiger partial charge in [0.05, 0.1) is 12.5 Å². The number of aliphatic carboxylic acids is 1. The van der Waals surface area contributed by atoms with Crippen LogP contribution in [0.4, 0.5) is 0 Å². The lowest BCUT2D eigenvalue weighted by Crippen LogP contribution is -3.11. The Hall–Kier alpha value is -1.35. The van der Waals surface area contributed by atoms with Gasteiger partial charge >= 0.3 is 0 Å². The second-order valence-corrected chi connectivity index (χ2v) is 3.76. The van der Waals surface area contributed by atoms with Gasteiger partial charge in [0, 0.05) is 5.56 Å². The summed E-state index contributed by atoms with van der Waals surface area (Å²) in [6.45, 7) is 5.64. The lowest BCUT2D eigenvalue weighted by molar-refractivity contribution is -0.906. The molecule has 0 heterocycles. The molecule has 0 saturated carbocycles. The van der Waals surface area contributed by atoms with Crippen molar-refractivity contribution in [1.82, 2.24) is 0 Å². The molecule has 1 atom stereocenters. The number of rotatable bonds is 5. The number of likely N-dealkylation sites (N-methyl/N-ethyl adjacent to an activating group) is 1. The fourth-order valence-corrected chi connectivity index (χ4v) is 1.59. The van der Waals surface area contributed by atoms with Gasteiger partial charge in [0.1, 0.15) is 13.1 Å². The van der Waals surface area contributed by atoms with Crippen molar-refractivity contribution >= 4 is 5.97 Å². The number of nitrogens with one attached hydrogen (secondary N) is 1. The lowest BCUT2D eigenvalue weighted by Gasteiger charge is -2.18. The minimum atomic E-state index is -0.986. The summed E-state index contributed by atoms with van der Waals surface area (Å²) in [7, 11) is 0. The Bertz CT molecular complexity index is 336. The Morgan fingerprint density at radius 2 is 2.07 bits per heavy atom. The maximum absolute atomic E-state index is 10.5. The van der Waals surface area contributed by atoms with Crippen molar-refractivity contribution in [3.63, 3.8) is 0 Å². The normalized spacial score (nSPS) is 12.4. The first-order chi connectivity index (χ1) is 7.13. The predicted molar refractivity (Wildman–Crippen MR) is 56.3 cm³/mol. The van der Waals surface area contributed by atoms with Crippen LogP contribution in [-0.4, -0.2) is 19.1 Å². The zero-order valence-corrected chi connectivity index (χ0v) is 9.25. The molecule has 3 heteroatoms. The number of carbonyl (C=O) groups is 1. The molecule has 1 aromatic carbocycles. The van der Waals surface area contributed by atoms with Gasteiger partial charge in [-0.2, -0.15) is 0 Å². The summed E-state index contributed by atoms with van der Waals surface area (Å²) in [5.74, 6) is -0.986. The molecule has 0 amide bonds. The Morgan fingerprint density at radius 1 is 1.40 bits per heavy atom. The van der Waals surface area contributed by atoms with Gasteiger partial charge in [-0.05, 0) is 19.4 Å². The van der Waals surface area contributed by atoms with E-state index in [1.807, 2.05) is 38.1 Å². The molecule has 0 aliphatic heterocycles. The highest BCUT2D eigenvalue weighted by atomic mass is 16.4. The maximum Gasteiger partial charge on any atom is 0.118 e. The van der Waals surface area contributed by atoms with E-state index >= 15 is 0 Å². The molecule has 1 N–H and O–H groups in total. The number of carbonyl (C=O) groups excluding carboxylic acids is 1.